The standard InChI is InChI=1S/C31H33N4O3/c1-4-22-28-23(5-1)35(13-11-33-16-20-37-21-17-33)25-7-3-9-27-30(25)31(28)29-24(6-2-8-26(29)38-27)34(22)12-10-32-14-18-36-19-15-32/h1-9H,10-21H2/q+1. The third-order valence-corrected chi connectivity index (χ3v) is 8.65. The zero-order chi connectivity index (χ0) is 25.1. The van der Waals surface area contributed by atoms with Gasteiger partial charge in [0.2, 0.25) is 11.0 Å². The van der Waals surface area contributed by atoms with E-state index in [-0.39, 0.29) is 0 Å². The van der Waals surface area contributed by atoms with Gasteiger partial charge in [0.05, 0.1) is 60.3 Å². The van der Waals surface area contributed by atoms with Crippen LogP contribution in [0.4, 0.5) is 0 Å². The van der Waals surface area contributed by atoms with E-state index in [0.717, 1.165) is 90.0 Å². The molecule has 7 heteroatoms. The summed E-state index contributed by atoms with van der Waals surface area (Å²) in [6.45, 7) is 11.2. The first kappa shape index (κ1) is 22.7. The van der Waals surface area contributed by atoms with E-state index >= 15 is 0 Å². The molecule has 2 saturated heterocycles. The molecule has 1 aromatic heterocycles. The van der Waals surface area contributed by atoms with Crippen LogP contribution in [0.5, 0.6) is 0 Å². The Morgan fingerprint density at radius 3 is 2.03 bits per heavy atom. The molecule has 8 rings (SSSR count). The van der Waals surface area contributed by atoms with Gasteiger partial charge in [0.1, 0.15) is 11.2 Å². The number of morpholine rings is 2. The Labute approximate surface area is 221 Å². The fourth-order valence-corrected chi connectivity index (χ4v) is 6.76. The number of rotatable bonds is 6. The van der Waals surface area contributed by atoms with Crippen molar-refractivity contribution in [2.24, 2.45) is 0 Å². The highest BCUT2D eigenvalue weighted by atomic mass is 16.5. The van der Waals surface area contributed by atoms with Gasteiger partial charge in [0.15, 0.2) is 6.54 Å². The lowest BCUT2D eigenvalue weighted by molar-refractivity contribution is -0.645. The Bertz CT molecular complexity index is 1710. The molecule has 0 radical (unpaired) electrons. The highest BCUT2D eigenvalue weighted by Gasteiger charge is 2.31. The second-order valence-corrected chi connectivity index (χ2v) is 10.7. The van der Waals surface area contributed by atoms with Gasteiger partial charge >= 0.3 is 0 Å². The van der Waals surface area contributed by atoms with E-state index in [1.165, 1.54) is 44.0 Å². The van der Waals surface area contributed by atoms with Crippen molar-refractivity contribution in [3.8, 4) is 11.1 Å². The molecule has 4 aromatic rings. The molecule has 7 nitrogen and oxygen atoms in total. The van der Waals surface area contributed by atoms with Gasteiger partial charge < -0.3 is 18.5 Å². The van der Waals surface area contributed by atoms with Crippen LogP contribution in [0.15, 0.2) is 59.0 Å². The van der Waals surface area contributed by atoms with Crippen molar-refractivity contribution in [2.45, 2.75) is 13.1 Å². The first-order valence-electron chi connectivity index (χ1n) is 14.0. The predicted octanol–water partition coefficient (Wildman–Crippen LogP) is 4.19. The topological polar surface area (TPSA) is 46.9 Å². The molecule has 194 valence electrons. The molecular weight excluding hydrogens is 476 g/mol. The van der Waals surface area contributed by atoms with E-state index in [9.17, 15) is 0 Å². The normalized spacial score (nSPS) is 18.2. The maximum absolute atomic E-state index is 6.61. The number of hydrogen-bond acceptors (Lipinski definition) is 5. The molecule has 0 atom stereocenters. The molecule has 0 N–H and O–H groups in total. The van der Waals surface area contributed by atoms with Crippen LogP contribution in [0.3, 0.4) is 0 Å². The Hall–Kier alpha value is -3.23. The molecule has 4 aliphatic rings. The van der Waals surface area contributed by atoms with Gasteiger partial charge in [-0.25, -0.2) is 0 Å². The zero-order valence-corrected chi connectivity index (χ0v) is 21.7. The quantitative estimate of drug-likeness (QED) is 0.191. The minimum absolute atomic E-state index is 0.824. The summed E-state index contributed by atoms with van der Waals surface area (Å²) in [5.41, 5.74) is 9.59. The van der Waals surface area contributed by atoms with Gasteiger partial charge in [-0.1, -0.05) is 18.2 Å². The summed E-state index contributed by atoms with van der Waals surface area (Å²) in [6, 6.07) is 19.9. The first-order chi connectivity index (χ1) is 18.9. The smallest absolute Gasteiger partial charge is 0.217 e. The second-order valence-electron chi connectivity index (χ2n) is 10.7. The molecule has 0 spiro atoms. The average Bonchev–Trinajstić information content (AvgIpc) is 2.98. The Morgan fingerprint density at radius 2 is 1.24 bits per heavy atom. The first-order valence-corrected chi connectivity index (χ1v) is 14.0. The third kappa shape index (κ3) is 3.53. The molecule has 0 bridgehead atoms. The Morgan fingerprint density at radius 1 is 0.605 bits per heavy atom. The van der Waals surface area contributed by atoms with E-state index in [0.29, 0.717) is 0 Å². The number of nitrogens with zero attached hydrogens (tertiary/aromatic N) is 4. The maximum atomic E-state index is 6.61. The number of benzene rings is 3. The number of hydrogen-bond donors (Lipinski definition) is 0. The number of pyridine rings is 2. The van der Waals surface area contributed by atoms with Crippen molar-refractivity contribution in [3.63, 3.8) is 0 Å². The van der Waals surface area contributed by atoms with E-state index in [1.54, 1.807) is 0 Å². The van der Waals surface area contributed by atoms with Crippen LogP contribution < -0.4 is 4.57 Å². The van der Waals surface area contributed by atoms with E-state index < -0.39 is 0 Å². The molecule has 0 saturated carbocycles. The Kier molecular flexibility index (Phi) is 5.50. The molecule has 0 aliphatic carbocycles. The molecule has 2 fully saturated rings. The molecule has 38 heavy (non-hydrogen) atoms. The Balaban J connectivity index is 1.37. The van der Waals surface area contributed by atoms with Gasteiger partial charge in [-0.15, -0.1) is 0 Å². The van der Waals surface area contributed by atoms with Crippen molar-refractivity contribution in [1.29, 1.82) is 0 Å². The van der Waals surface area contributed by atoms with Crippen LogP contribution in [0.2, 0.25) is 0 Å². The summed E-state index contributed by atoms with van der Waals surface area (Å²) >= 11 is 0. The summed E-state index contributed by atoms with van der Waals surface area (Å²) in [4.78, 5) is 5.04. The molecular formula is C31H33N4O3+. The summed E-state index contributed by atoms with van der Waals surface area (Å²) in [7, 11) is 0. The van der Waals surface area contributed by atoms with E-state index in [4.69, 9.17) is 13.9 Å². The van der Waals surface area contributed by atoms with Crippen molar-refractivity contribution in [1.82, 2.24) is 14.4 Å². The van der Waals surface area contributed by atoms with Crippen molar-refractivity contribution >= 4 is 44.0 Å². The summed E-state index contributed by atoms with van der Waals surface area (Å²) in [5.74, 6) is 0. The van der Waals surface area contributed by atoms with Gasteiger partial charge in [-0.2, -0.15) is 4.57 Å². The average molecular weight is 510 g/mol. The molecule has 3 aromatic carbocycles. The van der Waals surface area contributed by atoms with Crippen LogP contribution in [-0.4, -0.2) is 80.1 Å². The van der Waals surface area contributed by atoms with Crippen LogP contribution in [0, 0.1) is 0 Å². The third-order valence-electron chi connectivity index (χ3n) is 8.65. The molecule has 5 heterocycles. The highest BCUT2D eigenvalue weighted by Crippen LogP contribution is 2.46. The largest absolute Gasteiger partial charge is 0.456 e. The van der Waals surface area contributed by atoms with Gasteiger partial charge in [-0.05, 0) is 24.3 Å². The van der Waals surface area contributed by atoms with E-state index in [1.807, 2.05) is 0 Å². The minimum atomic E-state index is 0.824. The lowest BCUT2D eigenvalue weighted by Crippen LogP contribution is -2.45. The second kappa shape index (κ2) is 9.20. The number of aromatic nitrogens is 2. The lowest BCUT2D eigenvalue weighted by atomic mass is 9.90. The van der Waals surface area contributed by atoms with Gasteiger partial charge in [0, 0.05) is 57.0 Å². The highest BCUT2D eigenvalue weighted by molar-refractivity contribution is 6.23. The van der Waals surface area contributed by atoms with Crippen LogP contribution in [-0.2, 0) is 22.6 Å². The zero-order valence-electron chi connectivity index (χ0n) is 21.7. The lowest BCUT2D eigenvalue weighted by Gasteiger charge is -2.29. The fourth-order valence-electron chi connectivity index (χ4n) is 6.76. The summed E-state index contributed by atoms with van der Waals surface area (Å²) < 4.78 is 22.9. The summed E-state index contributed by atoms with van der Waals surface area (Å²) in [5, 5.41) is 2.59. The van der Waals surface area contributed by atoms with Crippen LogP contribution in [0.1, 0.15) is 0 Å². The minimum Gasteiger partial charge on any atom is -0.456 e. The SMILES string of the molecule is c1cc2oc3cccc4c3c3c5c(cccc5[n+]4CCN4CCOCC4)n(CCN4CCOCC4)c(c1)c2-3. The molecule has 0 unspecified atom stereocenters. The monoisotopic (exact) mass is 509 g/mol. The van der Waals surface area contributed by atoms with Gasteiger partial charge in [-0.3, -0.25) is 9.80 Å². The van der Waals surface area contributed by atoms with Crippen molar-refractivity contribution < 1.29 is 18.5 Å². The maximum Gasteiger partial charge on any atom is 0.217 e. The van der Waals surface area contributed by atoms with E-state index in [2.05, 4.69) is 73.5 Å². The van der Waals surface area contributed by atoms with Crippen LogP contribution >= 0.6 is 0 Å². The molecule has 0 amide bonds. The number of ether oxygens (including phenoxy) is 2. The molecule has 4 aliphatic heterocycles. The predicted molar refractivity (Wildman–Crippen MR) is 149 cm³/mol. The van der Waals surface area contributed by atoms with Crippen LogP contribution in [0.25, 0.3) is 55.1 Å². The van der Waals surface area contributed by atoms with Crippen molar-refractivity contribution in [3.05, 3.63) is 54.6 Å². The van der Waals surface area contributed by atoms with Crippen molar-refractivity contribution in [2.75, 3.05) is 65.7 Å². The van der Waals surface area contributed by atoms with Gasteiger partial charge in [0.25, 0.3) is 0 Å². The fraction of sp³-hybridized carbons (Fsp3) is 0.387. The summed E-state index contributed by atoms with van der Waals surface area (Å²) in [6.07, 6.45) is 0.